The molecule has 2 aromatic rings. The molecule has 3 rings (SSSR count). The van der Waals surface area contributed by atoms with E-state index in [1.54, 1.807) is 0 Å². The van der Waals surface area contributed by atoms with Gasteiger partial charge in [-0.1, -0.05) is 27.2 Å². The Labute approximate surface area is 127 Å². The molecule has 106 valence electrons. The average molecular weight is 336 g/mol. The largest absolute Gasteiger partial charge is 0.376 e. The maximum atomic E-state index is 5.74. The van der Waals surface area contributed by atoms with Gasteiger partial charge in [0.15, 0.2) is 0 Å². The first kappa shape index (κ1) is 13.8. The molecule has 1 aromatic heterocycles. The Morgan fingerprint density at radius 3 is 3.05 bits per heavy atom. The molecule has 5 heteroatoms. The number of hydrogen-bond acceptors (Lipinski definition) is 3. The third-order valence-electron chi connectivity index (χ3n) is 3.67. The second kappa shape index (κ2) is 6.06. The topological polar surface area (TPSA) is 39.9 Å². The molecule has 0 N–H and O–H groups in total. The molecule has 1 saturated heterocycles. The van der Waals surface area contributed by atoms with Gasteiger partial charge in [0.1, 0.15) is 5.69 Å². The lowest BCUT2D eigenvalue weighted by Gasteiger charge is -2.21. The van der Waals surface area contributed by atoms with E-state index in [2.05, 4.69) is 45.3 Å². The van der Waals surface area contributed by atoms with Crippen LogP contribution in [0, 0.1) is 6.92 Å². The van der Waals surface area contributed by atoms with Crippen molar-refractivity contribution in [2.45, 2.75) is 38.8 Å². The number of aromatic nitrogens is 3. The van der Waals surface area contributed by atoms with Crippen LogP contribution in [0.2, 0.25) is 0 Å². The van der Waals surface area contributed by atoms with Gasteiger partial charge in [-0.3, -0.25) is 0 Å². The highest BCUT2D eigenvalue weighted by molar-refractivity contribution is 9.10. The van der Waals surface area contributed by atoms with Crippen molar-refractivity contribution in [3.05, 3.63) is 34.4 Å². The van der Waals surface area contributed by atoms with E-state index >= 15 is 0 Å². The zero-order chi connectivity index (χ0) is 13.9. The van der Waals surface area contributed by atoms with Crippen LogP contribution in [0.15, 0.2) is 28.9 Å². The Bertz CT molecular complexity index is 591. The summed E-state index contributed by atoms with van der Waals surface area (Å²) < 4.78 is 8.72. The predicted octanol–water partition coefficient (Wildman–Crippen LogP) is 3.59. The molecule has 1 aliphatic heterocycles. The Balaban J connectivity index is 1.75. The van der Waals surface area contributed by atoms with E-state index in [0.717, 1.165) is 35.3 Å². The van der Waals surface area contributed by atoms with Gasteiger partial charge in [0, 0.05) is 16.6 Å². The van der Waals surface area contributed by atoms with Crippen molar-refractivity contribution in [1.29, 1.82) is 0 Å². The zero-order valence-electron chi connectivity index (χ0n) is 11.6. The van der Waals surface area contributed by atoms with Gasteiger partial charge in [-0.2, -0.15) is 0 Å². The summed E-state index contributed by atoms with van der Waals surface area (Å²) in [6, 6.07) is 6.20. The van der Waals surface area contributed by atoms with Crippen LogP contribution in [0.1, 0.15) is 24.8 Å². The van der Waals surface area contributed by atoms with E-state index in [4.69, 9.17) is 4.74 Å². The highest BCUT2D eigenvalue weighted by atomic mass is 79.9. The molecule has 0 spiro atoms. The first-order chi connectivity index (χ1) is 9.72. The van der Waals surface area contributed by atoms with E-state index in [9.17, 15) is 0 Å². The third kappa shape index (κ3) is 3.10. The fourth-order valence-corrected chi connectivity index (χ4v) is 3.06. The maximum absolute atomic E-state index is 5.74. The summed E-state index contributed by atoms with van der Waals surface area (Å²) in [6.45, 7) is 3.75. The van der Waals surface area contributed by atoms with Crippen molar-refractivity contribution in [2.24, 2.45) is 0 Å². The summed E-state index contributed by atoms with van der Waals surface area (Å²) in [4.78, 5) is 0. The van der Waals surface area contributed by atoms with Crippen molar-refractivity contribution in [3.63, 3.8) is 0 Å². The lowest BCUT2D eigenvalue weighted by molar-refractivity contribution is 0.00370. The summed E-state index contributed by atoms with van der Waals surface area (Å²) in [7, 11) is 0. The predicted molar refractivity (Wildman–Crippen MR) is 81.5 cm³/mol. The molecule has 0 amide bonds. The second-order valence-electron chi connectivity index (χ2n) is 5.27. The number of aryl methyl sites for hydroxylation is 1. The Kier molecular flexibility index (Phi) is 4.17. The second-order valence-corrected chi connectivity index (χ2v) is 6.19. The first-order valence-electron chi connectivity index (χ1n) is 7.00. The molecule has 1 unspecified atom stereocenters. The van der Waals surface area contributed by atoms with Gasteiger partial charge in [0.25, 0.3) is 0 Å². The van der Waals surface area contributed by atoms with Gasteiger partial charge in [-0.25, -0.2) is 4.68 Å². The molecular formula is C15H18BrN3O. The SMILES string of the molecule is Cc1cc(Br)ccc1-c1cn(CC2CCCCO2)nn1. The minimum Gasteiger partial charge on any atom is -0.376 e. The van der Waals surface area contributed by atoms with Crippen LogP contribution in [0.4, 0.5) is 0 Å². The Morgan fingerprint density at radius 1 is 1.40 bits per heavy atom. The normalized spacial score (nSPS) is 19.2. The van der Waals surface area contributed by atoms with E-state index in [1.807, 2.05) is 16.9 Å². The highest BCUT2D eigenvalue weighted by Crippen LogP contribution is 2.24. The number of benzene rings is 1. The average Bonchev–Trinajstić information content (AvgIpc) is 2.88. The summed E-state index contributed by atoms with van der Waals surface area (Å²) in [5, 5.41) is 8.51. The molecule has 1 aromatic carbocycles. The van der Waals surface area contributed by atoms with Crippen molar-refractivity contribution in [2.75, 3.05) is 6.61 Å². The number of ether oxygens (including phenoxy) is 1. The number of hydrogen-bond donors (Lipinski definition) is 0. The van der Waals surface area contributed by atoms with Crippen LogP contribution < -0.4 is 0 Å². The molecule has 0 bridgehead atoms. The first-order valence-corrected chi connectivity index (χ1v) is 7.80. The van der Waals surface area contributed by atoms with Gasteiger partial charge in [0.05, 0.1) is 18.8 Å². The van der Waals surface area contributed by atoms with Gasteiger partial charge in [-0.05, 0) is 43.9 Å². The summed E-state index contributed by atoms with van der Waals surface area (Å²) in [6.07, 6.45) is 5.83. The molecule has 0 saturated carbocycles. The third-order valence-corrected chi connectivity index (χ3v) is 4.16. The van der Waals surface area contributed by atoms with Crippen LogP contribution in [-0.4, -0.2) is 27.7 Å². The fraction of sp³-hybridized carbons (Fsp3) is 0.467. The standard InChI is InChI=1S/C15H18BrN3O/c1-11-8-12(16)5-6-14(11)15-10-19(18-17-15)9-13-4-2-3-7-20-13/h5-6,8,10,13H,2-4,7,9H2,1H3. The van der Waals surface area contributed by atoms with Gasteiger partial charge >= 0.3 is 0 Å². The number of halogens is 1. The van der Waals surface area contributed by atoms with Crippen molar-refractivity contribution in [1.82, 2.24) is 15.0 Å². The van der Waals surface area contributed by atoms with Crippen molar-refractivity contribution in [3.8, 4) is 11.3 Å². The highest BCUT2D eigenvalue weighted by Gasteiger charge is 2.15. The fourth-order valence-electron chi connectivity index (χ4n) is 2.59. The summed E-state index contributed by atoms with van der Waals surface area (Å²) in [5.41, 5.74) is 3.25. The van der Waals surface area contributed by atoms with E-state index in [-0.39, 0.29) is 6.10 Å². The van der Waals surface area contributed by atoms with E-state index in [0.29, 0.717) is 0 Å². The Morgan fingerprint density at radius 2 is 2.30 bits per heavy atom. The van der Waals surface area contributed by atoms with Crippen LogP contribution in [0.5, 0.6) is 0 Å². The molecule has 2 heterocycles. The summed E-state index contributed by atoms with van der Waals surface area (Å²) in [5.74, 6) is 0. The molecule has 1 aliphatic rings. The number of rotatable bonds is 3. The molecule has 0 aliphatic carbocycles. The van der Waals surface area contributed by atoms with E-state index in [1.165, 1.54) is 18.4 Å². The van der Waals surface area contributed by atoms with Crippen LogP contribution in [-0.2, 0) is 11.3 Å². The van der Waals surface area contributed by atoms with Gasteiger partial charge < -0.3 is 4.74 Å². The summed E-state index contributed by atoms with van der Waals surface area (Å²) >= 11 is 3.48. The molecule has 4 nitrogen and oxygen atoms in total. The molecular weight excluding hydrogens is 318 g/mol. The Hall–Kier alpha value is -1.20. The van der Waals surface area contributed by atoms with Crippen molar-refractivity contribution < 1.29 is 4.74 Å². The van der Waals surface area contributed by atoms with Gasteiger partial charge in [-0.15, -0.1) is 5.10 Å². The minimum absolute atomic E-state index is 0.282. The van der Waals surface area contributed by atoms with Gasteiger partial charge in [0.2, 0.25) is 0 Å². The maximum Gasteiger partial charge on any atom is 0.113 e. The quantitative estimate of drug-likeness (QED) is 0.860. The molecule has 1 fully saturated rings. The lowest BCUT2D eigenvalue weighted by atomic mass is 10.1. The molecule has 20 heavy (non-hydrogen) atoms. The van der Waals surface area contributed by atoms with Crippen LogP contribution in [0.3, 0.4) is 0 Å². The number of nitrogens with zero attached hydrogens (tertiary/aromatic N) is 3. The lowest BCUT2D eigenvalue weighted by Crippen LogP contribution is -2.24. The zero-order valence-corrected chi connectivity index (χ0v) is 13.1. The van der Waals surface area contributed by atoms with Crippen LogP contribution >= 0.6 is 15.9 Å². The molecule has 1 atom stereocenters. The van der Waals surface area contributed by atoms with Crippen LogP contribution in [0.25, 0.3) is 11.3 Å². The van der Waals surface area contributed by atoms with E-state index < -0.39 is 0 Å². The monoisotopic (exact) mass is 335 g/mol. The van der Waals surface area contributed by atoms with Crippen molar-refractivity contribution >= 4 is 15.9 Å². The smallest absolute Gasteiger partial charge is 0.113 e. The minimum atomic E-state index is 0.282. The molecule has 0 radical (unpaired) electrons.